The highest BCUT2D eigenvalue weighted by atomic mass is 32.2. The van der Waals surface area contributed by atoms with Crippen molar-refractivity contribution >= 4 is 16.9 Å². The SMILES string of the molecule is CCCCCCCNC(=NCc1ccccc1)SCCN. The lowest BCUT2D eigenvalue weighted by atomic mass is 10.1. The quantitative estimate of drug-likeness (QED) is 0.393. The summed E-state index contributed by atoms with van der Waals surface area (Å²) < 4.78 is 0. The summed E-state index contributed by atoms with van der Waals surface area (Å²) in [6.07, 6.45) is 6.49. The van der Waals surface area contributed by atoms with Gasteiger partial charge >= 0.3 is 0 Å². The Labute approximate surface area is 133 Å². The smallest absolute Gasteiger partial charge is 0.156 e. The van der Waals surface area contributed by atoms with E-state index in [0.29, 0.717) is 6.54 Å². The fourth-order valence-corrected chi connectivity index (χ4v) is 2.65. The molecule has 0 atom stereocenters. The van der Waals surface area contributed by atoms with Crippen molar-refractivity contribution in [1.29, 1.82) is 0 Å². The summed E-state index contributed by atoms with van der Waals surface area (Å²) in [4.78, 5) is 4.68. The lowest BCUT2D eigenvalue weighted by Crippen LogP contribution is -2.23. The first-order chi connectivity index (χ1) is 10.4. The minimum Gasteiger partial charge on any atom is -0.365 e. The van der Waals surface area contributed by atoms with Crippen LogP contribution in [0.1, 0.15) is 44.6 Å². The van der Waals surface area contributed by atoms with Crippen LogP contribution in [0.15, 0.2) is 35.3 Å². The minimum absolute atomic E-state index is 0.688. The number of aliphatic imine (C=N–C) groups is 1. The number of nitrogens with zero attached hydrogens (tertiary/aromatic N) is 1. The van der Waals surface area contributed by atoms with E-state index in [1.165, 1.54) is 37.7 Å². The number of thioether (sulfide) groups is 1. The number of rotatable bonds is 10. The van der Waals surface area contributed by atoms with E-state index in [0.717, 1.165) is 24.0 Å². The van der Waals surface area contributed by atoms with Crippen LogP contribution in [-0.2, 0) is 6.54 Å². The molecule has 0 spiro atoms. The van der Waals surface area contributed by atoms with Gasteiger partial charge in [-0.2, -0.15) is 0 Å². The summed E-state index contributed by atoms with van der Waals surface area (Å²) in [6, 6.07) is 10.4. The number of amidine groups is 1. The van der Waals surface area contributed by atoms with E-state index in [1.807, 2.05) is 6.07 Å². The van der Waals surface area contributed by atoms with Crippen LogP contribution in [-0.4, -0.2) is 24.0 Å². The molecule has 0 bridgehead atoms. The van der Waals surface area contributed by atoms with Crippen molar-refractivity contribution in [2.75, 3.05) is 18.8 Å². The Hall–Kier alpha value is -1.00. The topological polar surface area (TPSA) is 50.4 Å². The summed E-state index contributed by atoms with van der Waals surface area (Å²) in [5.74, 6) is 0.913. The van der Waals surface area contributed by atoms with Gasteiger partial charge in [0.15, 0.2) is 5.17 Å². The van der Waals surface area contributed by atoms with Crippen LogP contribution in [0, 0.1) is 0 Å². The number of unbranched alkanes of at least 4 members (excludes halogenated alkanes) is 4. The molecule has 0 amide bonds. The first-order valence-corrected chi connectivity index (χ1v) is 9.00. The molecule has 1 rings (SSSR count). The van der Waals surface area contributed by atoms with Crippen molar-refractivity contribution in [3.8, 4) is 0 Å². The largest absolute Gasteiger partial charge is 0.365 e. The van der Waals surface area contributed by atoms with Crippen LogP contribution < -0.4 is 11.1 Å². The molecule has 0 heterocycles. The molecule has 1 aromatic carbocycles. The van der Waals surface area contributed by atoms with Gasteiger partial charge in [0.1, 0.15) is 0 Å². The average Bonchev–Trinajstić information content (AvgIpc) is 2.53. The zero-order chi connectivity index (χ0) is 15.2. The first-order valence-electron chi connectivity index (χ1n) is 8.02. The Balaban J connectivity index is 2.32. The standard InChI is InChI=1S/C17H29N3S/c1-2-3-4-5-9-13-19-17(21-14-12-18)20-15-16-10-7-6-8-11-16/h6-8,10-11H,2-5,9,12-15,18H2,1H3,(H,19,20). The highest BCUT2D eigenvalue weighted by Gasteiger charge is 1.99. The van der Waals surface area contributed by atoms with Crippen LogP contribution in [0.5, 0.6) is 0 Å². The molecular formula is C17H29N3S. The van der Waals surface area contributed by atoms with Gasteiger partial charge in [0.25, 0.3) is 0 Å². The maximum atomic E-state index is 5.59. The van der Waals surface area contributed by atoms with Gasteiger partial charge in [0.05, 0.1) is 6.54 Å². The van der Waals surface area contributed by atoms with E-state index in [9.17, 15) is 0 Å². The molecule has 0 fully saturated rings. The maximum absolute atomic E-state index is 5.59. The first kappa shape index (κ1) is 18.1. The van der Waals surface area contributed by atoms with Crippen LogP contribution in [0.2, 0.25) is 0 Å². The molecule has 0 aliphatic rings. The summed E-state index contributed by atoms with van der Waals surface area (Å²) >= 11 is 1.72. The van der Waals surface area contributed by atoms with Crippen LogP contribution in [0.3, 0.4) is 0 Å². The van der Waals surface area contributed by atoms with Crippen LogP contribution >= 0.6 is 11.8 Å². The fraction of sp³-hybridized carbons (Fsp3) is 0.588. The Kier molecular flexibility index (Phi) is 10.9. The van der Waals surface area contributed by atoms with Gasteiger partial charge in [-0.15, -0.1) is 0 Å². The van der Waals surface area contributed by atoms with Crippen LogP contribution in [0.4, 0.5) is 0 Å². The molecule has 0 saturated heterocycles. The molecule has 4 heteroatoms. The summed E-state index contributed by atoms with van der Waals surface area (Å²) in [5, 5.41) is 4.49. The van der Waals surface area contributed by atoms with Crippen molar-refractivity contribution < 1.29 is 0 Å². The molecule has 3 N–H and O–H groups in total. The number of nitrogens with two attached hydrogens (primary N) is 1. The third-order valence-corrected chi connectivity index (χ3v) is 4.15. The highest BCUT2D eigenvalue weighted by Crippen LogP contribution is 2.06. The van der Waals surface area contributed by atoms with Gasteiger partial charge < -0.3 is 11.1 Å². The highest BCUT2D eigenvalue weighted by molar-refractivity contribution is 8.13. The third-order valence-electron chi connectivity index (χ3n) is 3.16. The Morgan fingerprint density at radius 1 is 1.14 bits per heavy atom. The molecule has 0 radical (unpaired) electrons. The Bertz CT molecular complexity index is 379. The lowest BCUT2D eigenvalue weighted by Gasteiger charge is -2.09. The second-order valence-corrected chi connectivity index (χ2v) is 6.17. The molecule has 3 nitrogen and oxygen atoms in total. The molecule has 21 heavy (non-hydrogen) atoms. The molecule has 1 aromatic rings. The number of hydrogen-bond acceptors (Lipinski definition) is 3. The molecular weight excluding hydrogens is 278 g/mol. The van der Waals surface area contributed by atoms with Gasteiger partial charge in [0, 0.05) is 18.8 Å². The Morgan fingerprint density at radius 2 is 1.90 bits per heavy atom. The minimum atomic E-state index is 0.688. The number of hydrogen-bond donors (Lipinski definition) is 2. The van der Waals surface area contributed by atoms with E-state index >= 15 is 0 Å². The van der Waals surface area contributed by atoms with Crippen molar-refractivity contribution in [3.63, 3.8) is 0 Å². The zero-order valence-electron chi connectivity index (χ0n) is 13.2. The van der Waals surface area contributed by atoms with Crippen LogP contribution in [0.25, 0.3) is 0 Å². The monoisotopic (exact) mass is 307 g/mol. The van der Waals surface area contributed by atoms with Crippen molar-refractivity contribution in [2.24, 2.45) is 10.7 Å². The van der Waals surface area contributed by atoms with Crippen molar-refractivity contribution in [2.45, 2.75) is 45.6 Å². The number of nitrogens with one attached hydrogen (secondary N) is 1. The summed E-state index contributed by atoms with van der Waals surface area (Å²) in [7, 11) is 0. The average molecular weight is 308 g/mol. The second-order valence-electron chi connectivity index (χ2n) is 5.09. The molecule has 0 unspecified atom stereocenters. The molecule has 0 aliphatic carbocycles. The fourth-order valence-electron chi connectivity index (χ4n) is 1.98. The Morgan fingerprint density at radius 3 is 2.62 bits per heavy atom. The molecule has 0 aliphatic heterocycles. The van der Waals surface area contributed by atoms with E-state index in [4.69, 9.17) is 5.73 Å². The van der Waals surface area contributed by atoms with Gasteiger partial charge in [-0.3, -0.25) is 4.99 Å². The van der Waals surface area contributed by atoms with Gasteiger partial charge in [-0.05, 0) is 12.0 Å². The third kappa shape index (κ3) is 9.53. The molecule has 0 saturated carbocycles. The van der Waals surface area contributed by atoms with E-state index in [2.05, 4.69) is 41.5 Å². The van der Waals surface area contributed by atoms with Crippen molar-refractivity contribution in [3.05, 3.63) is 35.9 Å². The predicted octanol–water partition coefficient (Wildman–Crippen LogP) is 3.79. The zero-order valence-corrected chi connectivity index (χ0v) is 14.0. The normalized spacial score (nSPS) is 11.6. The van der Waals surface area contributed by atoms with Crippen molar-refractivity contribution in [1.82, 2.24) is 5.32 Å². The maximum Gasteiger partial charge on any atom is 0.156 e. The van der Waals surface area contributed by atoms with Gasteiger partial charge in [0.2, 0.25) is 0 Å². The predicted molar refractivity (Wildman–Crippen MR) is 95.9 cm³/mol. The summed E-state index contributed by atoms with van der Waals surface area (Å²) in [6.45, 7) is 4.68. The second kappa shape index (κ2) is 12.7. The van der Waals surface area contributed by atoms with E-state index in [1.54, 1.807) is 11.8 Å². The van der Waals surface area contributed by atoms with Gasteiger partial charge in [-0.1, -0.05) is 74.7 Å². The molecule has 118 valence electrons. The molecule has 0 aromatic heterocycles. The van der Waals surface area contributed by atoms with E-state index < -0.39 is 0 Å². The van der Waals surface area contributed by atoms with Gasteiger partial charge in [-0.25, -0.2) is 0 Å². The van der Waals surface area contributed by atoms with E-state index in [-0.39, 0.29) is 0 Å². The summed E-state index contributed by atoms with van der Waals surface area (Å²) in [5.41, 5.74) is 6.83. The lowest BCUT2D eigenvalue weighted by molar-refractivity contribution is 0.625. The number of benzene rings is 1.